The average Bonchev–Trinajstić information content (AvgIpc) is 3.12. The van der Waals surface area contributed by atoms with Crippen LogP contribution in [0.3, 0.4) is 0 Å². The van der Waals surface area contributed by atoms with Crippen LogP contribution < -0.4 is 15.4 Å². The molecule has 23 heavy (non-hydrogen) atoms. The molecule has 0 unspecified atom stereocenters. The van der Waals surface area contributed by atoms with Crippen molar-refractivity contribution in [1.29, 1.82) is 0 Å². The number of ether oxygens (including phenoxy) is 1. The predicted molar refractivity (Wildman–Crippen MR) is 86.2 cm³/mol. The summed E-state index contributed by atoms with van der Waals surface area (Å²) < 4.78 is 10.4. The lowest BCUT2D eigenvalue weighted by Gasteiger charge is -2.09. The Morgan fingerprint density at radius 1 is 0.913 bits per heavy atom. The van der Waals surface area contributed by atoms with E-state index in [2.05, 4.69) is 25.6 Å². The maximum absolute atomic E-state index is 5.27. The maximum Gasteiger partial charge on any atom is 0.322 e. The van der Waals surface area contributed by atoms with Crippen LogP contribution in [-0.4, -0.2) is 22.1 Å². The van der Waals surface area contributed by atoms with Gasteiger partial charge in [0.05, 0.1) is 19.9 Å². The molecule has 0 radical (unpaired) electrons. The smallest absolute Gasteiger partial charge is 0.322 e. The van der Waals surface area contributed by atoms with Crippen molar-refractivity contribution in [1.82, 2.24) is 15.0 Å². The molecule has 0 saturated carbocycles. The lowest BCUT2D eigenvalue weighted by atomic mass is 10.2. The number of nitrogens with zero attached hydrogens (tertiary/aromatic N) is 3. The molecule has 0 amide bonds. The van der Waals surface area contributed by atoms with Crippen molar-refractivity contribution in [2.45, 2.75) is 13.1 Å². The summed E-state index contributed by atoms with van der Waals surface area (Å²) in [4.78, 5) is 12.7. The van der Waals surface area contributed by atoms with Crippen molar-refractivity contribution >= 4 is 11.9 Å². The summed E-state index contributed by atoms with van der Waals surface area (Å²) in [7, 11) is 1.52. The van der Waals surface area contributed by atoms with Crippen molar-refractivity contribution in [2.24, 2.45) is 0 Å². The highest BCUT2D eigenvalue weighted by Gasteiger charge is 2.07. The quantitative estimate of drug-likeness (QED) is 0.694. The van der Waals surface area contributed by atoms with Gasteiger partial charge in [0, 0.05) is 6.54 Å². The van der Waals surface area contributed by atoms with Crippen LogP contribution in [-0.2, 0) is 13.1 Å². The third-order valence-corrected chi connectivity index (χ3v) is 3.09. The number of furan rings is 1. The molecule has 0 spiro atoms. The van der Waals surface area contributed by atoms with E-state index in [1.807, 2.05) is 42.5 Å². The first-order valence-corrected chi connectivity index (χ1v) is 7.17. The van der Waals surface area contributed by atoms with Crippen LogP contribution in [0.5, 0.6) is 6.01 Å². The van der Waals surface area contributed by atoms with Crippen molar-refractivity contribution in [2.75, 3.05) is 17.7 Å². The van der Waals surface area contributed by atoms with Gasteiger partial charge in [-0.1, -0.05) is 30.3 Å². The van der Waals surface area contributed by atoms with E-state index in [9.17, 15) is 0 Å². The molecule has 0 aliphatic rings. The number of anilines is 2. The lowest BCUT2D eigenvalue weighted by molar-refractivity contribution is 0.379. The van der Waals surface area contributed by atoms with E-state index in [1.165, 1.54) is 7.11 Å². The largest absolute Gasteiger partial charge is 0.467 e. The van der Waals surface area contributed by atoms with E-state index in [0.717, 1.165) is 11.3 Å². The number of rotatable bonds is 7. The molecule has 0 atom stereocenters. The van der Waals surface area contributed by atoms with Gasteiger partial charge in [-0.25, -0.2) is 0 Å². The second kappa shape index (κ2) is 7.26. The monoisotopic (exact) mass is 311 g/mol. The minimum Gasteiger partial charge on any atom is -0.467 e. The molecule has 0 aliphatic heterocycles. The number of hydrogen-bond acceptors (Lipinski definition) is 7. The fraction of sp³-hybridized carbons (Fsp3) is 0.188. The van der Waals surface area contributed by atoms with Crippen LogP contribution in [0.4, 0.5) is 11.9 Å². The molecule has 3 aromatic rings. The number of nitrogens with one attached hydrogen (secondary N) is 2. The SMILES string of the molecule is COc1nc(NCc2ccccc2)nc(NCc2ccco2)n1. The fourth-order valence-corrected chi connectivity index (χ4v) is 1.96. The molecule has 7 heteroatoms. The number of benzene rings is 1. The summed E-state index contributed by atoms with van der Waals surface area (Å²) in [5.74, 6) is 1.66. The Balaban J connectivity index is 1.68. The predicted octanol–water partition coefficient (Wildman–Crippen LogP) is 2.70. The minimum atomic E-state index is 0.248. The van der Waals surface area contributed by atoms with Gasteiger partial charge in [-0.3, -0.25) is 0 Å². The number of aromatic nitrogens is 3. The van der Waals surface area contributed by atoms with E-state index < -0.39 is 0 Å². The summed E-state index contributed by atoms with van der Waals surface area (Å²) in [5.41, 5.74) is 1.14. The molecule has 3 rings (SSSR count). The third kappa shape index (κ3) is 4.19. The highest BCUT2D eigenvalue weighted by molar-refractivity contribution is 5.37. The fourth-order valence-electron chi connectivity index (χ4n) is 1.96. The molecule has 1 aromatic carbocycles. The number of methoxy groups -OCH3 is 1. The molecule has 0 bridgehead atoms. The van der Waals surface area contributed by atoms with E-state index in [4.69, 9.17) is 9.15 Å². The molecule has 7 nitrogen and oxygen atoms in total. The highest BCUT2D eigenvalue weighted by atomic mass is 16.5. The zero-order valence-electron chi connectivity index (χ0n) is 12.7. The van der Waals surface area contributed by atoms with E-state index in [0.29, 0.717) is 25.0 Å². The molecule has 2 aromatic heterocycles. The topological polar surface area (TPSA) is 85.1 Å². The van der Waals surface area contributed by atoms with Crippen LogP contribution in [0.15, 0.2) is 53.1 Å². The Hall–Kier alpha value is -3.09. The van der Waals surface area contributed by atoms with E-state index in [1.54, 1.807) is 6.26 Å². The molecule has 118 valence electrons. The summed E-state index contributed by atoms with van der Waals surface area (Å²) in [6, 6.07) is 14.0. The van der Waals surface area contributed by atoms with Crippen LogP contribution >= 0.6 is 0 Å². The second-order valence-electron chi connectivity index (χ2n) is 4.74. The Morgan fingerprint density at radius 2 is 1.65 bits per heavy atom. The third-order valence-electron chi connectivity index (χ3n) is 3.09. The van der Waals surface area contributed by atoms with Crippen molar-refractivity contribution in [3.63, 3.8) is 0 Å². The van der Waals surface area contributed by atoms with Gasteiger partial charge >= 0.3 is 6.01 Å². The second-order valence-corrected chi connectivity index (χ2v) is 4.74. The summed E-state index contributed by atoms with van der Waals surface area (Å²) in [5, 5.41) is 6.25. The van der Waals surface area contributed by atoms with Crippen LogP contribution in [0, 0.1) is 0 Å². The highest BCUT2D eigenvalue weighted by Crippen LogP contribution is 2.13. The molecule has 0 saturated heterocycles. The van der Waals surface area contributed by atoms with Crippen molar-refractivity contribution in [3.8, 4) is 6.01 Å². The van der Waals surface area contributed by atoms with Gasteiger partial charge in [-0.05, 0) is 17.7 Å². The first kappa shape index (κ1) is 14.8. The molecule has 0 fully saturated rings. The molecule has 2 heterocycles. The van der Waals surface area contributed by atoms with E-state index in [-0.39, 0.29) is 6.01 Å². The Kier molecular flexibility index (Phi) is 4.68. The van der Waals surface area contributed by atoms with Gasteiger partial charge in [0.1, 0.15) is 5.76 Å². The summed E-state index contributed by atoms with van der Waals surface area (Å²) in [6.07, 6.45) is 1.62. The maximum atomic E-state index is 5.27. The summed E-state index contributed by atoms with van der Waals surface area (Å²) >= 11 is 0. The van der Waals surface area contributed by atoms with Gasteiger partial charge in [-0.2, -0.15) is 15.0 Å². The molecule has 2 N–H and O–H groups in total. The number of hydrogen-bond donors (Lipinski definition) is 2. The first-order valence-electron chi connectivity index (χ1n) is 7.17. The Bertz CT molecular complexity index is 731. The lowest BCUT2D eigenvalue weighted by Crippen LogP contribution is -2.10. The van der Waals surface area contributed by atoms with Gasteiger partial charge in [0.25, 0.3) is 0 Å². The van der Waals surface area contributed by atoms with Crippen LogP contribution in [0.25, 0.3) is 0 Å². The minimum absolute atomic E-state index is 0.248. The molecular weight excluding hydrogens is 294 g/mol. The summed E-state index contributed by atoms with van der Waals surface area (Å²) in [6.45, 7) is 1.10. The first-order chi connectivity index (χ1) is 11.3. The van der Waals surface area contributed by atoms with Gasteiger partial charge in [0.15, 0.2) is 0 Å². The van der Waals surface area contributed by atoms with E-state index >= 15 is 0 Å². The van der Waals surface area contributed by atoms with Gasteiger partial charge in [-0.15, -0.1) is 0 Å². The van der Waals surface area contributed by atoms with Crippen molar-refractivity contribution in [3.05, 3.63) is 60.1 Å². The normalized spacial score (nSPS) is 10.3. The van der Waals surface area contributed by atoms with Crippen molar-refractivity contribution < 1.29 is 9.15 Å². The Morgan fingerprint density at radius 3 is 2.30 bits per heavy atom. The van der Waals surface area contributed by atoms with Crippen LogP contribution in [0.1, 0.15) is 11.3 Å². The average molecular weight is 311 g/mol. The van der Waals surface area contributed by atoms with Gasteiger partial charge < -0.3 is 19.8 Å². The molecule has 0 aliphatic carbocycles. The molecular formula is C16H17N5O2. The van der Waals surface area contributed by atoms with Crippen LogP contribution in [0.2, 0.25) is 0 Å². The Labute approximate surface area is 133 Å². The zero-order chi connectivity index (χ0) is 15.9. The zero-order valence-corrected chi connectivity index (χ0v) is 12.7. The van der Waals surface area contributed by atoms with Gasteiger partial charge in [0.2, 0.25) is 11.9 Å². The standard InChI is InChI=1S/C16H17N5O2/c1-22-16-20-14(17-10-12-6-3-2-4-7-12)19-15(21-16)18-11-13-8-5-9-23-13/h2-9H,10-11H2,1H3,(H2,17,18,19,20,21).